The van der Waals surface area contributed by atoms with Crippen molar-refractivity contribution in [3.05, 3.63) is 28.0 Å². The molecule has 2 heterocycles. The van der Waals surface area contributed by atoms with Gasteiger partial charge in [0.05, 0.1) is 5.52 Å². The van der Waals surface area contributed by atoms with Gasteiger partial charge in [-0.05, 0) is 67.6 Å². The molecule has 1 fully saturated rings. The van der Waals surface area contributed by atoms with Gasteiger partial charge in [0.15, 0.2) is 0 Å². The average Bonchev–Trinajstić information content (AvgIpc) is 2.79. The molecule has 1 aromatic heterocycles. The lowest BCUT2D eigenvalue weighted by atomic mass is 10.1. The number of nitrogens with zero attached hydrogens (tertiary/aromatic N) is 3. The molecule has 3 rings (SSSR count). The summed E-state index contributed by atoms with van der Waals surface area (Å²) in [5.41, 5.74) is 1.25. The molecular formula is C15H19ClIN3. The topological polar surface area (TPSA) is 21.1 Å². The summed E-state index contributed by atoms with van der Waals surface area (Å²) < 4.78 is 3.24. The normalized spacial score (nSPS) is 17.9. The van der Waals surface area contributed by atoms with Crippen LogP contribution in [0.1, 0.15) is 19.3 Å². The lowest BCUT2D eigenvalue weighted by Gasteiger charge is -2.29. The predicted octanol–water partition coefficient (Wildman–Crippen LogP) is 3.73. The molecule has 0 N–H and O–H groups in total. The lowest BCUT2D eigenvalue weighted by molar-refractivity contribution is 0.224. The Morgan fingerprint density at radius 2 is 1.95 bits per heavy atom. The van der Waals surface area contributed by atoms with Crippen LogP contribution < -0.4 is 0 Å². The first kappa shape index (κ1) is 14.6. The zero-order valence-electron chi connectivity index (χ0n) is 11.4. The summed E-state index contributed by atoms with van der Waals surface area (Å²) in [7, 11) is 0. The lowest BCUT2D eigenvalue weighted by Crippen LogP contribution is -2.35. The largest absolute Gasteiger partial charge is 0.303 e. The molecule has 2 aromatic rings. The molecule has 0 atom stereocenters. The fourth-order valence-electron chi connectivity index (χ4n) is 2.83. The quantitative estimate of drug-likeness (QED) is 0.573. The summed E-state index contributed by atoms with van der Waals surface area (Å²) in [6.07, 6.45) is 3.41. The average molecular weight is 404 g/mol. The highest BCUT2D eigenvalue weighted by Gasteiger charge is 2.16. The van der Waals surface area contributed by atoms with Crippen LogP contribution in [0, 0.1) is 3.70 Å². The molecule has 5 heteroatoms. The first-order valence-electron chi connectivity index (χ1n) is 7.21. The Labute approximate surface area is 138 Å². The number of alkyl halides is 1. The summed E-state index contributed by atoms with van der Waals surface area (Å²) in [5, 5.41) is 6.30. The van der Waals surface area contributed by atoms with Crippen LogP contribution >= 0.6 is 34.2 Å². The first-order chi connectivity index (χ1) is 9.74. The zero-order chi connectivity index (χ0) is 13.9. The molecule has 1 aliphatic rings. The van der Waals surface area contributed by atoms with E-state index in [0.717, 1.165) is 49.1 Å². The highest BCUT2D eigenvalue weighted by atomic mass is 127. The van der Waals surface area contributed by atoms with E-state index in [9.17, 15) is 0 Å². The predicted molar refractivity (Wildman–Crippen MR) is 92.4 cm³/mol. The number of rotatable bonds is 4. The number of likely N-dealkylation sites (tertiary alicyclic amines) is 1. The van der Waals surface area contributed by atoms with Gasteiger partial charge in [0.1, 0.15) is 3.70 Å². The Hall–Kier alpha value is -0.330. The second kappa shape index (κ2) is 6.62. The highest BCUT2D eigenvalue weighted by Crippen LogP contribution is 2.20. The van der Waals surface area contributed by atoms with Gasteiger partial charge in [-0.2, -0.15) is 5.10 Å². The number of aromatic nitrogens is 2. The number of benzene rings is 1. The van der Waals surface area contributed by atoms with Gasteiger partial charge in [-0.1, -0.05) is 18.2 Å². The molecule has 108 valence electrons. The summed E-state index contributed by atoms with van der Waals surface area (Å²) in [4.78, 5) is 2.52. The Bertz CT molecular complexity index is 576. The fraction of sp³-hybridized carbons (Fsp3) is 0.533. The van der Waals surface area contributed by atoms with Gasteiger partial charge in [0, 0.05) is 17.3 Å². The van der Waals surface area contributed by atoms with Crippen molar-refractivity contribution in [3.8, 4) is 0 Å². The Balaban J connectivity index is 1.57. The smallest absolute Gasteiger partial charge is 0.131 e. The summed E-state index contributed by atoms with van der Waals surface area (Å²) >= 11 is 8.46. The van der Waals surface area contributed by atoms with Crippen LogP contribution in [-0.4, -0.2) is 39.7 Å². The minimum atomic E-state index is 0.392. The second-order valence-electron chi connectivity index (χ2n) is 5.40. The number of hydrogen-bond donors (Lipinski definition) is 0. The van der Waals surface area contributed by atoms with E-state index in [0.29, 0.717) is 5.38 Å². The van der Waals surface area contributed by atoms with E-state index in [1.807, 2.05) is 0 Å². The molecule has 0 unspecified atom stereocenters. The van der Waals surface area contributed by atoms with Crippen LogP contribution in [0.4, 0.5) is 0 Å². The van der Waals surface area contributed by atoms with E-state index in [1.165, 1.54) is 10.9 Å². The van der Waals surface area contributed by atoms with Gasteiger partial charge in [0.25, 0.3) is 0 Å². The number of piperidine rings is 1. The molecule has 0 saturated carbocycles. The van der Waals surface area contributed by atoms with Crippen LogP contribution in [0.2, 0.25) is 0 Å². The third kappa shape index (κ3) is 3.28. The van der Waals surface area contributed by atoms with Crippen molar-refractivity contribution in [1.29, 1.82) is 0 Å². The van der Waals surface area contributed by atoms with E-state index < -0.39 is 0 Å². The van der Waals surface area contributed by atoms with Gasteiger partial charge in [-0.3, -0.25) is 4.68 Å². The number of hydrogen-bond acceptors (Lipinski definition) is 2. The van der Waals surface area contributed by atoms with Crippen LogP contribution in [0.3, 0.4) is 0 Å². The molecule has 1 aromatic carbocycles. The van der Waals surface area contributed by atoms with E-state index in [-0.39, 0.29) is 0 Å². The van der Waals surface area contributed by atoms with Crippen molar-refractivity contribution in [2.24, 2.45) is 0 Å². The summed E-state index contributed by atoms with van der Waals surface area (Å²) in [6, 6.07) is 8.46. The first-order valence-corrected chi connectivity index (χ1v) is 8.73. The van der Waals surface area contributed by atoms with Crippen LogP contribution in [0.25, 0.3) is 10.9 Å². The van der Waals surface area contributed by atoms with Gasteiger partial charge in [0.2, 0.25) is 0 Å². The van der Waals surface area contributed by atoms with E-state index >= 15 is 0 Å². The molecule has 0 aliphatic carbocycles. The van der Waals surface area contributed by atoms with Gasteiger partial charge in [-0.25, -0.2) is 0 Å². The maximum Gasteiger partial charge on any atom is 0.131 e. The molecule has 0 amide bonds. The third-order valence-corrected chi connectivity index (χ3v) is 5.21. The molecule has 0 bridgehead atoms. The Kier molecular flexibility index (Phi) is 4.83. The molecule has 1 aliphatic heterocycles. The van der Waals surface area contributed by atoms with Crippen LogP contribution in [0.5, 0.6) is 0 Å². The van der Waals surface area contributed by atoms with Crippen molar-refractivity contribution < 1.29 is 0 Å². The second-order valence-corrected chi connectivity index (χ2v) is 7.04. The van der Waals surface area contributed by atoms with Gasteiger partial charge in [-0.15, -0.1) is 11.6 Å². The zero-order valence-corrected chi connectivity index (χ0v) is 14.3. The van der Waals surface area contributed by atoms with Crippen molar-refractivity contribution >= 4 is 45.1 Å². The Morgan fingerprint density at radius 1 is 1.20 bits per heavy atom. The standard InChI is InChI=1S/C15H19ClIN3/c16-12-6-10-19(11-7-12)8-3-9-20-14-5-2-1-4-13(14)15(17)18-20/h1-2,4-5,12H,3,6-11H2. The van der Waals surface area contributed by atoms with Gasteiger partial charge < -0.3 is 4.90 Å². The molecule has 1 saturated heterocycles. The number of fused-ring (bicyclic) bond motifs is 1. The summed E-state index contributed by atoms with van der Waals surface area (Å²) in [6.45, 7) is 4.43. The van der Waals surface area contributed by atoms with Gasteiger partial charge >= 0.3 is 0 Å². The number of aryl methyl sites for hydroxylation is 1. The van der Waals surface area contributed by atoms with Crippen molar-refractivity contribution in [3.63, 3.8) is 0 Å². The highest BCUT2D eigenvalue weighted by molar-refractivity contribution is 14.1. The van der Waals surface area contributed by atoms with Crippen molar-refractivity contribution in [1.82, 2.24) is 14.7 Å². The molecule has 20 heavy (non-hydrogen) atoms. The van der Waals surface area contributed by atoms with Crippen molar-refractivity contribution in [2.75, 3.05) is 19.6 Å². The third-order valence-electron chi connectivity index (χ3n) is 3.97. The number of halogens is 2. The SMILES string of the molecule is ClC1CCN(CCCn2nc(I)c3ccccc32)CC1. The molecule has 0 radical (unpaired) electrons. The van der Waals surface area contributed by atoms with Crippen LogP contribution in [0.15, 0.2) is 24.3 Å². The minimum Gasteiger partial charge on any atom is -0.303 e. The molecular weight excluding hydrogens is 385 g/mol. The summed E-state index contributed by atoms with van der Waals surface area (Å²) in [5.74, 6) is 0. The van der Waals surface area contributed by atoms with E-state index in [2.05, 4.69) is 61.5 Å². The minimum absolute atomic E-state index is 0.392. The fourth-order valence-corrected chi connectivity index (χ4v) is 3.74. The van der Waals surface area contributed by atoms with E-state index in [4.69, 9.17) is 11.6 Å². The number of para-hydroxylation sites is 1. The Morgan fingerprint density at radius 3 is 2.75 bits per heavy atom. The molecule has 0 spiro atoms. The monoisotopic (exact) mass is 403 g/mol. The van der Waals surface area contributed by atoms with E-state index in [1.54, 1.807) is 0 Å². The maximum atomic E-state index is 6.14. The maximum absolute atomic E-state index is 6.14. The van der Waals surface area contributed by atoms with Crippen LogP contribution in [-0.2, 0) is 6.54 Å². The van der Waals surface area contributed by atoms with Crippen molar-refractivity contribution in [2.45, 2.75) is 31.2 Å². The molecule has 3 nitrogen and oxygen atoms in total.